The van der Waals surface area contributed by atoms with Crippen LogP contribution in [0.25, 0.3) is 11.1 Å². The van der Waals surface area contributed by atoms with Crippen LogP contribution in [-0.2, 0) is 4.79 Å². The van der Waals surface area contributed by atoms with Crippen LogP contribution >= 0.6 is 11.8 Å². The zero-order valence-corrected chi connectivity index (χ0v) is 12.8. The first kappa shape index (κ1) is 14.4. The first-order valence-corrected chi connectivity index (χ1v) is 8.08. The summed E-state index contributed by atoms with van der Waals surface area (Å²) in [6, 6.07) is 7.72. The minimum absolute atomic E-state index is 0.259. The molecule has 0 radical (unpaired) electrons. The van der Waals surface area contributed by atoms with Crippen LogP contribution in [0.15, 0.2) is 33.9 Å². The van der Waals surface area contributed by atoms with Crippen molar-refractivity contribution in [3.8, 4) is 0 Å². The second-order valence-corrected chi connectivity index (χ2v) is 6.66. The maximum absolute atomic E-state index is 11.8. The smallest absolute Gasteiger partial charge is 0.257 e. The van der Waals surface area contributed by atoms with E-state index in [1.807, 2.05) is 31.2 Å². The lowest BCUT2D eigenvalue weighted by Crippen LogP contribution is -2.53. The molecule has 5 nitrogen and oxygen atoms in total. The molecule has 1 fully saturated rings. The highest BCUT2D eigenvalue weighted by atomic mass is 32.2. The van der Waals surface area contributed by atoms with Gasteiger partial charge in [-0.2, -0.15) is 0 Å². The van der Waals surface area contributed by atoms with E-state index in [0.717, 1.165) is 36.9 Å². The Bertz CT molecular complexity index is 624. The van der Waals surface area contributed by atoms with Crippen LogP contribution in [-0.4, -0.2) is 28.2 Å². The van der Waals surface area contributed by atoms with E-state index < -0.39 is 5.54 Å². The number of oxazole rings is 1. The molecule has 1 saturated carbocycles. The van der Waals surface area contributed by atoms with Crippen LogP contribution in [0.4, 0.5) is 0 Å². The van der Waals surface area contributed by atoms with E-state index in [2.05, 4.69) is 10.3 Å². The Kier molecular flexibility index (Phi) is 3.91. The fraction of sp³-hybridized carbons (Fsp3) is 0.467. The summed E-state index contributed by atoms with van der Waals surface area (Å²) in [6.45, 7) is 2.73. The number of nitrogens with one attached hydrogen (secondary N) is 1. The topological polar surface area (TPSA) is 81.1 Å². The molecule has 0 spiro atoms. The molecule has 2 unspecified atom stereocenters. The maximum Gasteiger partial charge on any atom is 0.257 e. The van der Waals surface area contributed by atoms with E-state index in [1.165, 1.54) is 0 Å². The predicted octanol–water partition coefficient (Wildman–Crippen LogP) is 2.31. The Balaban J connectivity index is 1.73. The van der Waals surface area contributed by atoms with Crippen molar-refractivity contribution < 1.29 is 9.21 Å². The van der Waals surface area contributed by atoms with E-state index in [1.54, 1.807) is 11.8 Å². The fourth-order valence-corrected chi connectivity index (χ4v) is 4.13. The van der Waals surface area contributed by atoms with Crippen molar-refractivity contribution in [2.45, 2.75) is 42.2 Å². The van der Waals surface area contributed by atoms with E-state index in [0.29, 0.717) is 10.5 Å². The number of hydrogen-bond acceptors (Lipinski definition) is 5. The molecule has 2 aromatic rings. The van der Waals surface area contributed by atoms with Gasteiger partial charge in [0.2, 0.25) is 5.91 Å². The fourth-order valence-electron chi connectivity index (χ4n) is 2.95. The number of fused-ring (bicyclic) bond motifs is 1. The molecule has 112 valence electrons. The molecule has 3 rings (SSSR count). The third-order valence-corrected chi connectivity index (χ3v) is 5.11. The predicted molar refractivity (Wildman–Crippen MR) is 83.1 cm³/mol. The van der Waals surface area contributed by atoms with Gasteiger partial charge >= 0.3 is 0 Å². The van der Waals surface area contributed by atoms with Crippen LogP contribution in [0, 0.1) is 0 Å². The highest BCUT2D eigenvalue weighted by molar-refractivity contribution is 7.99. The Morgan fingerprint density at radius 2 is 2.38 bits per heavy atom. The van der Waals surface area contributed by atoms with Gasteiger partial charge in [-0.1, -0.05) is 30.8 Å². The normalized spacial score (nSPS) is 25.5. The van der Waals surface area contributed by atoms with E-state index in [4.69, 9.17) is 10.2 Å². The molecule has 1 aromatic carbocycles. The van der Waals surface area contributed by atoms with E-state index in [9.17, 15) is 4.79 Å². The summed E-state index contributed by atoms with van der Waals surface area (Å²) in [4.78, 5) is 16.2. The molecule has 0 aliphatic heterocycles. The molecule has 2 atom stereocenters. The SMILES string of the molecule is CCNC1(C(N)=O)CCC(Sc2nc3ccccc3o2)C1. The molecule has 1 aromatic heterocycles. The van der Waals surface area contributed by atoms with Gasteiger partial charge in [0.15, 0.2) is 5.58 Å². The molecule has 1 heterocycles. The first-order chi connectivity index (χ1) is 10.1. The number of rotatable bonds is 5. The number of carbonyl (C=O) groups excluding carboxylic acids is 1. The standard InChI is InChI=1S/C15H19N3O2S/c1-2-17-15(13(16)19)8-7-10(9-15)21-14-18-11-5-3-4-6-12(11)20-14/h3-6,10,17H,2,7-9H2,1H3,(H2,16,19). The number of thioether (sulfide) groups is 1. The number of primary amides is 1. The maximum atomic E-state index is 11.8. The van der Waals surface area contributed by atoms with Crippen LogP contribution in [0.3, 0.4) is 0 Å². The van der Waals surface area contributed by atoms with Gasteiger partial charge in [-0.15, -0.1) is 0 Å². The number of likely N-dealkylation sites (N-methyl/N-ethyl adjacent to an activating group) is 1. The highest BCUT2D eigenvalue weighted by Crippen LogP contribution is 2.40. The lowest BCUT2D eigenvalue weighted by molar-refractivity contribution is -0.124. The minimum Gasteiger partial charge on any atom is -0.431 e. The quantitative estimate of drug-likeness (QED) is 0.886. The van der Waals surface area contributed by atoms with Gasteiger partial charge in [-0.05, 0) is 37.9 Å². The molecular formula is C15H19N3O2S. The monoisotopic (exact) mass is 305 g/mol. The summed E-state index contributed by atoms with van der Waals surface area (Å²) in [5.41, 5.74) is 6.68. The Labute approximate surface area is 127 Å². The van der Waals surface area contributed by atoms with E-state index in [-0.39, 0.29) is 5.91 Å². The minimum atomic E-state index is -0.571. The van der Waals surface area contributed by atoms with Crippen molar-refractivity contribution in [1.82, 2.24) is 10.3 Å². The number of nitrogens with two attached hydrogens (primary N) is 1. The van der Waals surface area contributed by atoms with Gasteiger partial charge in [0, 0.05) is 5.25 Å². The van der Waals surface area contributed by atoms with Gasteiger partial charge in [0.05, 0.1) is 5.54 Å². The number of carbonyl (C=O) groups is 1. The summed E-state index contributed by atoms with van der Waals surface area (Å²) in [5.74, 6) is -0.259. The van der Waals surface area contributed by atoms with Crippen molar-refractivity contribution in [2.75, 3.05) is 6.54 Å². The van der Waals surface area contributed by atoms with Gasteiger partial charge in [-0.25, -0.2) is 4.98 Å². The Morgan fingerprint density at radius 3 is 3.10 bits per heavy atom. The molecule has 21 heavy (non-hydrogen) atoms. The van der Waals surface area contributed by atoms with Gasteiger partial charge in [0.1, 0.15) is 5.52 Å². The lowest BCUT2D eigenvalue weighted by atomic mass is 9.97. The third kappa shape index (κ3) is 2.78. The number of hydrogen-bond donors (Lipinski definition) is 2. The van der Waals surface area contributed by atoms with Crippen molar-refractivity contribution in [3.05, 3.63) is 24.3 Å². The summed E-state index contributed by atoms with van der Waals surface area (Å²) in [7, 11) is 0. The first-order valence-electron chi connectivity index (χ1n) is 7.20. The summed E-state index contributed by atoms with van der Waals surface area (Å²) in [5, 5.41) is 4.22. The average molecular weight is 305 g/mol. The number of amides is 1. The molecule has 1 aliphatic carbocycles. The largest absolute Gasteiger partial charge is 0.431 e. The molecule has 3 N–H and O–H groups in total. The Hall–Kier alpha value is -1.53. The molecule has 0 bridgehead atoms. The molecule has 1 amide bonds. The lowest BCUT2D eigenvalue weighted by Gasteiger charge is -2.26. The van der Waals surface area contributed by atoms with Gasteiger partial charge in [-0.3, -0.25) is 4.79 Å². The zero-order valence-electron chi connectivity index (χ0n) is 12.0. The van der Waals surface area contributed by atoms with Crippen LogP contribution < -0.4 is 11.1 Å². The van der Waals surface area contributed by atoms with Crippen molar-refractivity contribution >= 4 is 28.8 Å². The van der Waals surface area contributed by atoms with Gasteiger partial charge < -0.3 is 15.5 Å². The van der Waals surface area contributed by atoms with Crippen LogP contribution in [0.5, 0.6) is 0 Å². The number of nitrogens with zero attached hydrogens (tertiary/aromatic N) is 1. The van der Waals surface area contributed by atoms with E-state index >= 15 is 0 Å². The summed E-state index contributed by atoms with van der Waals surface area (Å²) >= 11 is 1.60. The third-order valence-electron chi connectivity index (χ3n) is 4.00. The van der Waals surface area contributed by atoms with Crippen molar-refractivity contribution in [1.29, 1.82) is 0 Å². The average Bonchev–Trinajstić information content (AvgIpc) is 3.04. The molecule has 6 heteroatoms. The molecular weight excluding hydrogens is 286 g/mol. The second-order valence-electron chi connectivity index (χ2n) is 5.41. The molecule has 0 saturated heterocycles. The highest BCUT2D eigenvalue weighted by Gasteiger charge is 2.44. The zero-order chi connectivity index (χ0) is 14.9. The number of para-hydroxylation sites is 2. The van der Waals surface area contributed by atoms with Crippen LogP contribution in [0.1, 0.15) is 26.2 Å². The number of benzene rings is 1. The second kappa shape index (κ2) is 5.69. The van der Waals surface area contributed by atoms with Gasteiger partial charge in [0.25, 0.3) is 5.22 Å². The van der Waals surface area contributed by atoms with Crippen molar-refractivity contribution in [2.24, 2.45) is 5.73 Å². The van der Waals surface area contributed by atoms with Crippen LogP contribution in [0.2, 0.25) is 0 Å². The number of aromatic nitrogens is 1. The summed E-state index contributed by atoms with van der Waals surface area (Å²) < 4.78 is 5.73. The molecule has 1 aliphatic rings. The van der Waals surface area contributed by atoms with Crippen molar-refractivity contribution in [3.63, 3.8) is 0 Å². The Morgan fingerprint density at radius 1 is 1.57 bits per heavy atom. The summed E-state index contributed by atoms with van der Waals surface area (Å²) in [6.07, 6.45) is 2.42.